The summed E-state index contributed by atoms with van der Waals surface area (Å²) in [6.45, 7) is 0.511. The summed E-state index contributed by atoms with van der Waals surface area (Å²) in [5.74, 6) is 0.619. The van der Waals surface area contributed by atoms with Gasteiger partial charge in [0, 0.05) is 11.8 Å². The maximum absolute atomic E-state index is 8.96. The van der Waals surface area contributed by atoms with Crippen molar-refractivity contribution in [3.63, 3.8) is 0 Å². The predicted octanol–water partition coefficient (Wildman–Crippen LogP) is 2.90. The van der Waals surface area contributed by atoms with Crippen LogP contribution in [0.4, 0.5) is 0 Å². The van der Waals surface area contributed by atoms with E-state index in [1.165, 1.54) is 0 Å². The van der Waals surface area contributed by atoms with E-state index in [1.54, 1.807) is 18.2 Å². The van der Waals surface area contributed by atoms with Gasteiger partial charge in [0.05, 0.1) is 24.3 Å². The summed E-state index contributed by atoms with van der Waals surface area (Å²) >= 11 is 6.03. The second-order valence-corrected chi connectivity index (χ2v) is 4.95. The summed E-state index contributed by atoms with van der Waals surface area (Å²) < 4.78 is 5.65. The normalized spacial score (nSPS) is 16.3. The number of hydrogen-bond acceptors (Lipinski definition) is 3. The van der Waals surface area contributed by atoms with Crippen LogP contribution in [0.2, 0.25) is 5.02 Å². The van der Waals surface area contributed by atoms with Crippen molar-refractivity contribution in [1.82, 2.24) is 0 Å². The van der Waals surface area contributed by atoms with E-state index in [0.29, 0.717) is 23.8 Å². The zero-order chi connectivity index (χ0) is 12.3. The largest absolute Gasteiger partial charge is 0.491 e. The van der Waals surface area contributed by atoms with Gasteiger partial charge in [0.25, 0.3) is 0 Å². The summed E-state index contributed by atoms with van der Waals surface area (Å²) in [4.78, 5) is 0. The molecular weight excluding hydrogens is 238 g/mol. The molecule has 1 aliphatic carbocycles. The molecule has 0 spiro atoms. The third-order valence-corrected chi connectivity index (χ3v) is 3.42. The molecule has 0 amide bonds. The zero-order valence-corrected chi connectivity index (χ0v) is 10.2. The molecule has 17 heavy (non-hydrogen) atoms. The lowest BCUT2D eigenvalue weighted by Crippen LogP contribution is -2.12. The van der Waals surface area contributed by atoms with Crippen LogP contribution in [-0.2, 0) is 6.61 Å². The number of aliphatic hydroxyl groups is 1. The van der Waals surface area contributed by atoms with E-state index >= 15 is 0 Å². The number of rotatable bonds is 5. The average molecular weight is 252 g/mol. The fourth-order valence-corrected chi connectivity index (χ4v) is 1.96. The van der Waals surface area contributed by atoms with Crippen LogP contribution < -0.4 is 4.74 Å². The van der Waals surface area contributed by atoms with Crippen LogP contribution >= 0.6 is 11.6 Å². The molecule has 0 bridgehead atoms. The lowest BCUT2D eigenvalue weighted by Gasteiger charge is -2.14. The Balaban J connectivity index is 1.98. The van der Waals surface area contributed by atoms with Gasteiger partial charge in [-0.15, -0.1) is 0 Å². The molecule has 1 aromatic rings. The molecule has 1 aliphatic rings. The van der Waals surface area contributed by atoms with Gasteiger partial charge < -0.3 is 9.84 Å². The van der Waals surface area contributed by atoms with Crippen molar-refractivity contribution in [2.45, 2.75) is 25.9 Å². The maximum Gasteiger partial charge on any atom is 0.137 e. The van der Waals surface area contributed by atoms with Crippen LogP contribution in [-0.4, -0.2) is 11.7 Å². The highest BCUT2D eigenvalue weighted by Crippen LogP contribution is 2.49. The standard InChI is InChI=1S/C13H14ClNO2/c14-11-7-10(8-16)1-2-12(11)17-9-13(3-4-13)5-6-15/h1-2,7,16H,3-5,8-9H2. The molecular formula is C13H14ClNO2. The molecule has 90 valence electrons. The Bertz CT molecular complexity index is 449. The first-order valence-corrected chi connectivity index (χ1v) is 5.96. The molecule has 1 saturated carbocycles. The molecule has 0 saturated heterocycles. The molecule has 2 rings (SSSR count). The minimum absolute atomic E-state index is 0.0294. The Hall–Kier alpha value is -1.24. The monoisotopic (exact) mass is 251 g/mol. The fourth-order valence-electron chi connectivity index (χ4n) is 1.71. The Morgan fingerprint density at radius 1 is 1.47 bits per heavy atom. The highest BCUT2D eigenvalue weighted by atomic mass is 35.5. The molecule has 0 atom stereocenters. The predicted molar refractivity (Wildman–Crippen MR) is 64.8 cm³/mol. The van der Waals surface area contributed by atoms with Crippen LogP contribution in [0.25, 0.3) is 0 Å². The van der Waals surface area contributed by atoms with Crippen molar-refractivity contribution in [3.05, 3.63) is 28.8 Å². The SMILES string of the molecule is N#CCC1(COc2ccc(CO)cc2Cl)CC1. The van der Waals surface area contributed by atoms with Gasteiger partial charge in [-0.05, 0) is 30.5 Å². The molecule has 1 N–H and O–H groups in total. The first-order chi connectivity index (χ1) is 8.19. The van der Waals surface area contributed by atoms with E-state index in [1.807, 2.05) is 0 Å². The first kappa shape index (κ1) is 12.2. The Labute approximate surface area is 106 Å². The molecule has 0 aliphatic heterocycles. The van der Waals surface area contributed by atoms with Crippen LogP contribution in [0.15, 0.2) is 18.2 Å². The smallest absolute Gasteiger partial charge is 0.137 e. The van der Waals surface area contributed by atoms with Crippen LogP contribution in [0.3, 0.4) is 0 Å². The van der Waals surface area contributed by atoms with Gasteiger partial charge in [-0.3, -0.25) is 0 Å². The van der Waals surface area contributed by atoms with Gasteiger partial charge in [0.15, 0.2) is 0 Å². The van der Waals surface area contributed by atoms with Gasteiger partial charge in [0.2, 0.25) is 0 Å². The summed E-state index contributed by atoms with van der Waals surface area (Å²) in [7, 11) is 0. The van der Waals surface area contributed by atoms with Crippen LogP contribution in [0.1, 0.15) is 24.8 Å². The highest BCUT2D eigenvalue weighted by Gasteiger charge is 2.43. The van der Waals surface area contributed by atoms with Crippen LogP contribution in [0, 0.1) is 16.7 Å². The van der Waals surface area contributed by atoms with E-state index in [0.717, 1.165) is 18.4 Å². The van der Waals surface area contributed by atoms with Gasteiger partial charge in [-0.1, -0.05) is 17.7 Å². The zero-order valence-electron chi connectivity index (χ0n) is 9.45. The van der Waals surface area contributed by atoms with Gasteiger partial charge in [0.1, 0.15) is 5.75 Å². The topological polar surface area (TPSA) is 53.2 Å². The van der Waals surface area contributed by atoms with Crippen LogP contribution in [0.5, 0.6) is 5.75 Å². The molecule has 0 aromatic heterocycles. The molecule has 0 heterocycles. The van der Waals surface area contributed by atoms with Crippen molar-refractivity contribution in [1.29, 1.82) is 5.26 Å². The van der Waals surface area contributed by atoms with E-state index < -0.39 is 0 Å². The second-order valence-electron chi connectivity index (χ2n) is 4.55. The molecule has 1 aromatic carbocycles. The number of nitrogens with zero attached hydrogens (tertiary/aromatic N) is 1. The number of nitriles is 1. The number of halogens is 1. The molecule has 0 unspecified atom stereocenters. The summed E-state index contributed by atoms with van der Waals surface area (Å²) in [5, 5.41) is 18.2. The van der Waals surface area contributed by atoms with Gasteiger partial charge in [-0.2, -0.15) is 5.26 Å². The molecule has 1 fully saturated rings. The van der Waals surface area contributed by atoms with E-state index in [4.69, 9.17) is 26.7 Å². The Morgan fingerprint density at radius 2 is 2.24 bits per heavy atom. The number of hydrogen-bond donors (Lipinski definition) is 1. The molecule has 4 heteroatoms. The summed E-state index contributed by atoms with van der Waals surface area (Å²) in [5.41, 5.74) is 0.814. The maximum atomic E-state index is 8.96. The number of benzene rings is 1. The third kappa shape index (κ3) is 2.91. The van der Waals surface area contributed by atoms with E-state index in [-0.39, 0.29) is 12.0 Å². The van der Waals surface area contributed by atoms with Crippen molar-refractivity contribution < 1.29 is 9.84 Å². The van der Waals surface area contributed by atoms with Crippen molar-refractivity contribution in [3.8, 4) is 11.8 Å². The molecule has 0 radical (unpaired) electrons. The Morgan fingerprint density at radius 3 is 2.76 bits per heavy atom. The lowest BCUT2D eigenvalue weighted by atomic mass is 10.1. The number of aliphatic hydroxyl groups excluding tert-OH is 1. The van der Waals surface area contributed by atoms with E-state index in [2.05, 4.69) is 6.07 Å². The first-order valence-electron chi connectivity index (χ1n) is 5.58. The second kappa shape index (κ2) is 4.95. The highest BCUT2D eigenvalue weighted by molar-refractivity contribution is 6.32. The Kier molecular flexibility index (Phi) is 3.56. The fraction of sp³-hybridized carbons (Fsp3) is 0.462. The van der Waals surface area contributed by atoms with E-state index in [9.17, 15) is 0 Å². The van der Waals surface area contributed by atoms with Crippen molar-refractivity contribution in [2.75, 3.05) is 6.61 Å². The van der Waals surface area contributed by atoms with Gasteiger partial charge in [-0.25, -0.2) is 0 Å². The molecule has 3 nitrogen and oxygen atoms in total. The van der Waals surface area contributed by atoms with Gasteiger partial charge >= 0.3 is 0 Å². The minimum Gasteiger partial charge on any atom is -0.491 e. The lowest BCUT2D eigenvalue weighted by molar-refractivity contribution is 0.236. The van der Waals surface area contributed by atoms with Crippen molar-refractivity contribution >= 4 is 11.6 Å². The minimum atomic E-state index is -0.0294. The average Bonchev–Trinajstić information content (AvgIpc) is 3.08. The van der Waals surface area contributed by atoms with Crippen molar-refractivity contribution in [2.24, 2.45) is 5.41 Å². The summed E-state index contributed by atoms with van der Waals surface area (Å²) in [6.07, 6.45) is 2.64. The third-order valence-electron chi connectivity index (χ3n) is 3.12. The summed E-state index contributed by atoms with van der Waals surface area (Å²) in [6, 6.07) is 7.43. The number of ether oxygens (including phenoxy) is 1. The quantitative estimate of drug-likeness (QED) is 0.876.